The van der Waals surface area contributed by atoms with Crippen molar-refractivity contribution in [2.45, 2.75) is 25.4 Å². The van der Waals surface area contributed by atoms with E-state index in [0.717, 1.165) is 23.1 Å². The maximum atomic E-state index is 10.8. The number of hydrogen-bond donors (Lipinski definition) is 0. The van der Waals surface area contributed by atoms with E-state index in [0.29, 0.717) is 10.0 Å². The summed E-state index contributed by atoms with van der Waals surface area (Å²) in [7, 11) is 0. The summed E-state index contributed by atoms with van der Waals surface area (Å²) in [5, 5.41) is 20.5. The van der Waals surface area contributed by atoms with Crippen LogP contribution in [0.4, 0.5) is 5.69 Å². The van der Waals surface area contributed by atoms with E-state index in [1.807, 2.05) is 19.1 Å². The molecule has 2 atom stereocenters. The van der Waals surface area contributed by atoms with Crippen LogP contribution in [0.15, 0.2) is 46.6 Å². The molecule has 0 aliphatic carbocycles. The van der Waals surface area contributed by atoms with Gasteiger partial charge in [-0.2, -0.15) is 10.2 Å². The molecule has 0 N–H and O–H groups in total. The Kier molecular flexibility index (Phi) is 4.33. The van der Waals surface area contributed by atoms with E-state index < -0.39 is 4.92 Å². The molecule has 1 aliphatic rings. The summed E-state index contributed by atoms with van der Waals surface area (Å²) in [6, 6.07) is 9.69. The van der Waals surface area contributed by atoms with Crippen LogP contribution < -0.4 is 0 Å². The number of non-ortho nitro benzene ring substituents is 1. The highest BCUT2D eigenvalue weighted by atomic mass is 35.5. The number of nitro benzene ring substituents is 1. The fourth-order valence-electron chi connectivity index (χ4n) is 2.66. The maximum absolute atomic E-state index is 10.8. The molecule has 2 aromatic carbocycles. The monoisotopic (exact) mass is 349 g/mol. The van der Waals surface area contributed by atoms with E-state index in [2.05, 4.69) is 10.2 Å². The zero-order chi connectivity index (χ0) is 16.6. The van der Waals surface area contributed by atoms with Crippen LogP contribution in [0, 0.1) is 10.1 Å². The smallest absolute Gasteiger partial charge is 0.258 e. The number of fused-ring (bicyclic) bond motifs is 1. The van der Waals surface area contributed by atoms with Crippen molar-refractivity contribution in [1.29, 1.82) is 0 Å². The Morgan fingerprint density at radius 3 is 2.43 bits per heavy atom. The van der Waals surface area contributed by atoms with Gasteiger partial charge in [-0.3, -0.25) is 10.1 Å². The molecule has 7 heteroatoms. The van der Waals surface area contributed by atoms with E-state index in [-0.39, 0.29) is 17.8 Å². The van der Waals surface area contributed by atoms with Gasteiger partial charge in [-0.05, 0) is 54.3 Å². The Morgan fingerprint density at radius 2 is 1.78 bits per heavy atom. The van der Waals surface area contributed by atoms with Gasteiger partial charge in [0, 0.05) is 12.1 Å². The molecular formula is C16H13Cl2N3O2. The van der Waals surface area contributed by atoms with Gasteiger partial charge in [0.05, 0.1) is 21.0 Å². The van der Waals surface area contributed by atoms with Crippen molar-refractivity contribution in [3.8, 4) is 0 Å². The van der Waals surface area contributed by atoms with Gasteiger partial charge in [0.25, 0.3) is 5.69 Å². The summed E-state index contributed by atoms with van der Waals surface area (Å²) in [4.78, 5) is 10.4. The third-order valence-corrected chi connectivity index (χ3v) is 4.51. The first-order valence-electron chi connectivity index (χ1n) is 7.08. The van der Waals surface area contributed by atoms with Crippen molar-refractivity contribution >= 4 is 28.9 Å². The summed E-state index contributed by atoms with van der Waals surface area (Å²) in [6.45, 7) is 1.98. The highest BCUT2D eigenvalue weighted by molar-refractivity contribution is 6.42. The minimum Gasteiger partial charge on any atom is -0.258 e. The largest absolute Gasteiger partial charge is 0.269 e. The number of halogens is 2. The van der Waals surface area contributed by atoms with E-state index in [9.17, 15) is 10.1 Å². The van der Waals surface area contributed by atoms with E-state index >= 15 is 0 Å². The third kappa shape index (κ3) is 3.21. The van der Waals surface area contributed by atoms with Crippen molar-refractivity contribution in [3.63, 3.8) is 0 Å². The molecule has 1 heterocycles. The number of hydrogen-bond acceptors (Lipinski definition) is 4. The van der Waals surface area contributed by atoms with Crippen molar-refractivity contribution in [3.05, 3.63) is 73.2 Å². The molecule has 23 heavy (non-hydrogen) atoms. The summed E-state index contributed by atoms with van der Waals surface area (Å²) < 4.78 is 0. The molecule has 0 radical (unpaired) electrons. The number of azo groups is 1. The summed E-state index contributed by atoms with van der Waals surface area (Å²) in [5.41, 5.74) is 2.84. The van der Waals surface area contributed by atoms with Crippen LogP contribution in [-0.2, 0) is 6.42 Å². The number of nitrogens with zero attached hydrogens (tertiary/aromatic N) is 3. The summed E-state index contributed by atoms with van der Waals surface area (Å²) in [5.74, 6) is 0. The Hall–Kier alpha value is -1.98. The second-order valence-corrected chi connectivity index (χ2v) is 6.31. The molecule has 5 nitrogen and oxygen atoms in total. The van der Waals surface area contributed by atoms with Gasteiger partial charge in [-0.25, -0.2) is 0 Å². The van der Waals surface area contributed by atoms with Crippen LogP contribution in [0.25, 0.3) is 0 Å². The first kappa shape index (κ1) is 15.9. The van der Waals surface area contributed by atoms with Crippen LogP contribution in [0.5, 0.6) is 0 Å². The minimum atomic E-state index is -0.426. The van der Waals surface area contributed by atoms with E-state index in [4.69, 9.17) is 23.2 Å². The molecule has 0 aromatic heterocycles. The van der Waals surface area contributed by atoms with Crippen molar-refractivity contribution < 1.29 is 4.92 Å². The molecular weight excluding hydrogens is 337 g/mol. The molecule has 0 fully saturated rings. The first-order valence-corrected chi connectivity index (χ1v) is 7.83. The first-order chi connectivity index (χ1) is 11.0. The van der Waals surface area contributed by atoms with E-state index in [1.54, 1.807) is 12.1 Å². The van der Waals surface area contributed by atoms with Crippen molar-refractivity contribution in [2.75, 3.05) is 0 Å². The lowest BCUT2D eigenvalue weighted by atomic mass is 9.93. The van der Waals surface area contributed by atoms with Gasteiger partial charge in [0.15, 0.2) is 0 Å². The number of rotatable bonds is 2. The Labute approximate surface area is 143 Å². The van der Waals surface area contributed by atoms with Crippen LogP contribution in [0.3, 0.4) is 0 Å². The van der Waals surface area contributed by atoms with Gasteiger partial charge in [0.1, 0.15) is 6.04 Å². The fourth-order valence-corrected chi connectivity index (χ4v) is 3.02. The average molecular weight is 350 g/mol. The molecule has 2 aromatic rings. The molecule has 0 saturated carbocycles. The third-order valence-electron chi connectivity index (χ3n) is 3.79. The minimum absolute atomic E-state index is 0.0361. The molecule has 1 aliphatic heterocycles. The number of nitro groups is 1. The van der Waals surface area contributed by atoms with Gasteiger partial charge in [0.2, 0.25) is 0 Å². The molecule has 118 valence electrons. The van der Waals surface area contributed by atoms with Gasteiger partial charge < -0.3 is 0 Å². The SMILES string of the molecule is CC1Cc2cc(Cl)c(Cl)cc2C(c2ccc([N+](=O)[O-])cc2)N=N1. The second-order valence-electron chi connectivity index (χ2n) is 5.50. The molecule has 3 rings (SSSR count). The highest BCUT2D eigenvalue weighted by Gasteiger charge is 2.23. The van der Waals surface area contributed by atoms with Crippen molar-refractivity contribution in [1.82, 2.24) is 0 Å². The molecule has 0 saturated heterocycles. The van der Waals surface area contributed by atoms with Crippen LogP contribution in [0.1, 0.15) is 29.7 Å². The topological polar surface area (TPSA) is 67.9 Å². The lowest BCUT2D eigenvalue weighted by Gasteiger charge is -2.15. The summed E-state index contributed by atoms with van der Waals surface area (Å²) in [6.07, 6.45) is 0.721. The van der Waals surface area contributed by atoms with Crippen LogP contribution in [-0.4, -0.2) is 11.0 Å². The van der Waals surface area contributed by atoms with Gasteiger partial charge >= 0.3 is 0 Å². The lowest BCUT2D eigenvalue weighted by Crippen LogP contribution is -2.04. The Bertz CT molecular complexity index is 791. The molecule has 0 spiro atoms. The van der Waals surface area contributed by atoms with Gasteiger partial charge in [-0.1, -0.05) is 23.2 Å². The predicted molar refractivity (Wildman–Crippen MR) is 89.4 cm³/mol. The number of benzene rings is 2. The zero-order valence-corrected chi connectivity index (χ0v) is 13.8. The lowest BCUT2D eigenvalue weighted by molar-refractivity contribution is -0.384. The normalized spacial score (nSPS) is 20.0. The van der Waals surface area contributed by atoms with Gasteiger partial charge in [-0.15, -0.1) is 0 Å². The Morgan fingerprint density at radius 1 is 1.13 bits per heavy atom. The van der Waals surface area contributed by atoms with Crippen LogP contribution >= 0.6 is 23.2 Å². The maximum Gasteiger partial charge on any atom is 0.269 e. The molecule has 0 bridgehead atoms. The summed E-state index contributed by atoms with van der Waals surface area (Å²) >= 11 is 12.3. The molecule has 0 amide bonds. The molecule has 2 unspecified atom stereocenters. The highest BCUT2D eigenvalue weighted by Crippen LogP contribution is 2.37. The fraction of sp³-hybridized carbons (Fsp3) is 0.250. The average Bonchev–Trinajstić information content (AvgIpc) is 2.67. The zero-order valence-electron chi connectivity index (χ0n) is 12.2. The standard InChI is InChI=1S/C16H13Cl2N3O2/c1-9-6-11-7-14(17)15(18)8-13(11)16(20-19-9)10-2-4-12(5-3-10)21(22)23/h2-5,7-9,16H,6H2,1H3. The van der Waals surface area contributed by atoms with Crippen LogP contribution in [0.2, 0.25) is 10.0 Å². The quantitative estimate of drug-likeness (QED) is 0.538. The van der Waals surface area contributed by atoms with E-state index in [1.165, 1.54) is 12.1 Å². The Balaban J connectivity index is 2.10. The second kappa shape index (κ2) is 6.26. The van der Waals surface area contributed by atoms with Crippen molar-refractivity contribution in [2.24, 2.45) is 10.2 Å². The predicted octanol–water partition coefficient (Wildman–Crippen LogP) is 5.39.